The Bertz CT molecular complexity index is 863. The molecule has 3 atom stereocenters. The van der Waals surface area contributed by atoms with Crippen molar-refractivity contribution >= 4 is 0 Å². The molecule has 1 aromatic heterocycles. The molecule has 1 fully saturated rings. The number of ether oxygens (including phenoxy) is 3. The van der Waals surface area contributed by atoms with Gasteiger partial charge in [0.15, 0.2) is 5.82 Å². The first-order valence-electron chi connectivity index (χ1n) is 10.6. The van der Waals surface area contributed by atoms with E-state index in [2.05, 4.69) is 20.8 Å². The van der Waals surface area contributed by atoms with Crippen molar-refractivity contribution in [3.8, 4) is 5.75 Å². The Morgan fingerprint density at radius 1 is 1.22 bits per heavy atom. The molecule has 1 unspecified atom stereocenters. The second-order valence-electron chi connectivity index (χ2n) is 8.16. The van der Waals surface area contributed by atoms with E-state index in [1.54, 1.807) is 18.9 Å². The Morgan fingerprint density at radius 3 is 2.72 bits per heavy atom. The molecule has 178 valence electrons. The van der Waals surface area contributed by atoms with Crippen molar-refractivity contribution in [2.75, 3.05) is 27.4 Å². The molecule has 11 heteroatoms. The topological polar surface area (TPSA) is 83.3 Å². The number of para-hydroxylation sites is 1. The second kappa shape index (κ2) is 10.6. The van der Waals surface area contributed by atoms with Gasteiger partial charge < -0.3 is 14.2 Å². The largest absolute Gasteiger partial charge is 0.496 e. The molecule has 1 aliphatic heterocycles. The highest BCUT2D eigenvalue weighted by Crippen LogP contribution is 2.32. The number of halogens is 3. The van der Waals surface area contributed by atoms with E-state index in [9.17, 15) is 13.2 Å². The summed E-state index contributed by atoms with van der Waals surface area (Å²) < 4.78 is 56.7. The zero-order valence-electron chi connectivity index (χ0n) is 18.6. The Morgan fingerprint density at radius 2 is 2.00 bits per heavy atom. The fourth-order valence-corrected chi connectivity index (χ4v) is 4.11. The summed E-state index contributed by atoms with van der Waals surface area (Å²) >= 11 is 0. The van der Waals surface area contributed by atoms with Crippen LogP contribution in [0, 0.1) is 0 Å². The summed E-state index contributed by atoms with van der Waals surface area (Å²) in [6, 6.07) is 7.38. The van der Waals surface area contributed by atoms with Crippen molar-refractivity contribution in [3.63, 3.8) is 0 Å². The maximum Gasteiger partial charge on any atom is 0.389 e. The van der Waals surface area contributed by atoms with Crippen molar-refractivity contribution in [1.82, 2.24) is 25.5 Å². The molecule has 1 saturated heterocycles. The molecule has 32 heavy (non-hydrogen) atoms. The van der Waals surface area contributed by atoms with Crippen LogP contribution in [-0.2, 0) is 21.6 Å². The minimum absolute atomic E-state index is 0.0601. The first-order chi connectivity index (χ1) is 15.3. The number of rotatable bonds is 10. The smallest absolute Gasteiger partial charge is 0.389 e. The fraction of sp³-hybridized carbons (Fsp3) is 0.667. The molecule has 0 aliphatic carbocycles. The van der Waals surface area contributed by atoms with Gasteiger partial charge in [-0.3, -0.25) is 5.32 Å². The van der Waals surface area contributed by atoms with Gasteiger partial charge in [-0.25, -0.2) is 4.68 Å². The van der Waals surface area contributed by atoms with Crippen LogP contribution < -0.4 is 10.1 Å². The number of benzene rings is 1. The minimum Gasteiger partial charge on any atom is -0.496 e. The highest BCUT2D eigenvalue weighted by molar-refractivity contribution is 5.33. The molecule has 2 heterocycles. The maximum absolute atomic E-state index is 12.9. The molecule has 0 radical (unpaired) electrons. The van der Waals surface area contributed by atoms with Crippen molar-refractivity contribution in [1.29, 1.82) is 0 Å². The summed E-state index contributed by atoms with van der Waals surface area (Å²) in [5, 5.41) is 15.7. The number of methoxy groups -OCH3 is 2. The molecule has 8 nitrogen and oxygen atoms in total. The van der Waals surface area contributed by atoms with Gasteiger partial charge in [0.2, 0.25) is 0 Å². The summed E-state index contributed by atoms with van der Waals surface area (Å²) in [7, 11) is 3.18. The third-order valence-corrected chi connectivity index (χ3v) is 5.79. The lowest BCUT2D eigenvalue weighted by Gasteiger charge is -2.39. The molecule has 0 saturated carbocycles. The van der Waals surface area contributed by atoms with E-state index >= 15 is 0 Å². The molecular formula is C21H30F3N5O3. The predicted octanol–water partition coefficient (Wildman–Crippen LogP) is 3.07. The number of alkyl halides is 3. The second-order valence-corrected chi connectivity index (χ2v) is 8.16. The van der Waals surface area contributed by atoms with Crippen LogP contribution in [-0.4, -0.2) is 66.0 Å². The number of nitrogens with one attached hydrogen (secondary N) is 1. The first-order valence-corrected chi connectivity index (χ1v) is 10.6. The monoisotopic (exact) mass is 457 g/mol. The number of nitrogens with zero attached hydrogens (tertiary/aromatic N) is 4. The Hall–Kier alpha value is -2.24. The van der Waals surface area contributed by atoms with E-state index in [1.807, 2.05) is 31.2 Å². The molecule has 1 N–H and O–H groups in total. The molecule has 2 aromatic rings. The molecule has 0 amide bonds. The average molecular weight is 457 g/mol. The van der Waals surface area contributed by atoms with Gasteiger partial charge in [0.1, 0.15) is 5.75 Å². The SMILES string of the molecule is COc1ccccc1Cn1nnnc1C(C)(CCCC(F)(F)F)N[C@@H]1CCOC[C@H]1OC. The molecule has 0 bridgehead atoms. The zero-order chi connectivity index (χ0) is 23.2. The Labute approximate surface area is 185 Å². The Kier molecular flexibility index (Phi) is 8.07. The van der Waals surface area contributed by atoms with Crippen LogP contribution in [0.2, 0.25) is 0 Å². The average Bonchev–Trinajstić information content (AvgIpc) is 3.22. The summed E-state index contributed by atoms with van der Waals surface area (Å²) in [5.41, 5.74) is -0.0442. The minimum atomic E-state index is -4.22. The van der Waals surface area contributed by atoms with Crippen molar-refractivity contribution in [3.05, 3.63) is 35.7 Å². The number of tetrazole rings is 1. The number of hydrogen-bond acceptors (Lipinski definition) is 7. The van der Waals surface area contributed by atoms with Gasteiger partial charge in [-0.1, -0.05) is 18.2 Å². The summed E-state index contributed by atoms with van der Waals surface area (Å²) in [4.78, 5) is 0. The molecule has 1 aliphatic rings. The summed E-state index contributed by atoms with van der Waals surface area (Å²) in [6.07, 6.45) is -4.51. The van der Waals surface area contributed by atoms with E-state index in [4.69, 9.17) is 14.2 Å². The highest BCUT2D eigenvalue weighted by atomic mass is 19.4. The van der Waals surface area contributed by atoms with Crippen LogP contribution in [0.25, 0.3) is 0 Å². The fourth-order valence-electron chi connectivity index (χ4n) is 4.11. The van der Waals surface area contributed by atoms with Crippen LogP contribution in [0.4, 0.5) is 13.2 Å². The van der Waals surface area contributed by atoms with E-state index in [0.717, 1.165) is 5.56 Å². The standard InChI is InChI=1S/C21H30F3N5O3/c1-20(10-6-11-21(22,23)24,25-16-9-12-32-14-18(16)31-3)19-26-27-28-29(19)13-15-7-4-5-8-17(15)30-2/h4-5,7-8,16,18,25H,6,9-14H2,1-3H3/t16-,18-,20?/m1/s1. The third-order valence-electron chi connectivity index (χ3n) is 5.79. The van der Waals surface area contributed by atoms with Gasteiger partial charge >= 0.3 is 6.18 Å². The highest BCUT2D eigenvalue weighted by Gasteiger charge is 2.39. The van der Waals surface area contributed by atoms with Crippen LogP contribution in [0.3, 0.4) is 0 Å². The third kappa shape index (κ3) is 6.17. The molecule has 0 spiro atoms. The lowest BCUT2D eigenvalue weighted by atomic mass is 9.90. The summed E-state index contributed by atoms with van der Waals surface area (Å²) in [6.45, 7) is 3.13. The predicted molar refractivity (Wildman–Crippen MR) is 110 cm³/mol. The van der Waals surface area contributed by atoms with E-state index < -0.39 is 18.1 Å². The van der Waals surface area contributed by atoms with Gasteiger partial charge in [0.25, 0.3) is 0 Å². The van der Waals surface area contributed by atoms with Gasteiger partial charge in [-0.15, -0.1) is 5.10 Å². The van der Waals surface area contributed by atoms with Crippen LogP contribution in [0.1, 0.15) is 44.0 Å². The van der Waals surface area contributed by atoms with Crippen molar-refractivity contribution in [2.24, 2.45) is 0 Å². The quantitative estimate of drug-likeness (QED) is 0.587. The number of hydrogen-bond donors (Lipinski definition) is 1. The summed E-state index contributed by atoms with van der Waals surface area (Å²) in [5.74, 6) is 1.15. The van der Waals surface area contributed by atoms with Gasteiger partial charge in [-0.05, 0) is 42.7 Å². The van der Waals surface area contributed by atoms with Gasteiger partial charge in [0, 0.05) is 31.7 Å². The van der Waals surface area contributed by atoms with E-state index in [1.165, 1.54) is 0 Å². The lowest BCUT2D eigenvalue weighted by Crippen LogP contribution is -2.55. The van der Waals surface area contributed by atoms with Gasteiger partial charge in [0.05, 0.1) is 31.9 Å². The van der Waals surface area contributed by atoms with Crippen LogP contribution in [0.5, 0.6) is 5.75 Å². The Balaban J connectivity index is 1.88. The van der Waals surface area contributed by atoms with Gasteiger partial charge in [-0.2, -0.15) is 13.2 Å². The zero-order valence-corrected chi connectivity index (χ0v) is 18.6. The molecule has 3 rings (SSSR count). The number of aromatic nitrogens is 4. The molecular weight excluding hydrogens is 427 g/mol. The molecule has 1 aromatic carbocycles. The van der Waals surface area contributed by atoms with Crippen molar-refractivity contribution < 1.29 is 27.4 Å². The van der Waals surface area contributed by atoms with E-state index in [-0.39, 0.29) is 25.0 Å². The van der Waals surface area contributed by atoms with Crippen LogP contribution in [0.15, 0.2) is 24.3 Å². The normalized spacial score (nSPS) is 21.3. The maximum atomic E-state index is 12.9. The first kappa shape index (κ1) is 24.4. The van der Waals surface area contributed by atoms with Crippen LogP contribution >= 0.6 is 0 Å². The van der Waals surface area contributed by atoms with Crippen molar-refractivity contribution in [2.45, 2.75) is 63.0 Å². The lowest BCUT2D eigenvalue weighted by molar-refractivity contribution is -0.136. The van der Waals surface area contributed by atoms with E-state index in [0.29, 0.717) is 37.8 Å².